The van der Waals surface area contributed by atoms with E-state index < -0.39 is 6.10 Å². The van der Waals surface area contributed by atoms with Crippen molar-refractivity contribution >= 4 is 35.0 Å². The Morgan fingerprint density at radius 1 is 1.29 bits per heavy atom. The molecule has 2 N–H and O–H groups in total. The van der Waals surface area contributed by atoms with Crippen molar-refractivity contribution in [3.63, 3.8) is 0 Å². The lowest BCUT2D eigenvalue weighted by atomic mass is 10.2. The highest BCUT2D eigenvalue weighted by Crippen LogP contribution is 2.33. The van der Waals surface area contributed by atoms with Crippen molar-refractivity contribution in [3.05, 3.63) is 48.0 Å². The molecule has 2 aromatic carbocycles. The first-order chi connectivity index (χ1) is 13.6. The van der Waals surface area contributed by atoms with Gasteiger partial charge >= 0.3 is 0 Å². The van der Waals surface area contributed by atoms with E-state index in [4.69, 9.17) is 9.47 Å². The van der Waals surface area contributed by atoms with Gasteiger partial charge in [0.25, 0.3) is 11.8 Å². The number of rotatable bonds is 5. The van der Waals surface area contributed by atoms with E-state index in [1.54, 1.807) is 36.9 Å². The van der Waals surface area contributed by atoms with Gasteiger partial charge in [-0.05, 0) is 50.1 Å². The van der Waals surface area contributed by atoms with Crippen LogP contribution in [0.4, 0.5) is 11.4 Å². The molecule has 2 aliphatic rings. The fourth-order valence-corrected chi connectivity index (χ4v) is 4.34. The van der Waals surface area contributed by atoms with Gasteiger partial charge in [0.1, 0.15) is 5.75 Å². The minimum Gasteiger partial charge on any atom is -0.479 e. The lowest BCUT2D eigenvalue weighted by molar-refractivity contribution is -0.122. The third-order valence-electron chi connectivity index (χ3n) is 4.75. The van der Waals surface area contributed by atoms with Crippen LogP contribution < -0.4 is 15.4 Å². The number of fused-ring (bicyclic) bond motifs is 1. The molecular formula is C21H22N2O4S. The van der Waals surface area contributed by atoms with Crippen LogP contribution in [0.3, 0.4) is 0 Å². The summed E-state index contributed by atoms with van der Waals surface area (Å²) in [6, 6.07) is 12.8. The Kier molecular flexibility index (Phi) is 5.54. The van der Waals surface area contributed by atoms with Crippen molar-refractivity contribution in [2.45, 2.75) is 36.9 Å². The highest BCUT2D eigenvalue weighted by Gasteiger charge is 2.24. The molecule has 146 valence electrons. The van der Waals surface area contributed by atoms with Crippen molar-refractivity contribution in [3.8, 4) is 5.75 Å². The second-order valence-corrected chi connectivity index (χ2v) is 7.92. The van der Waals surface area contributed by atoms with Gasteiger partial charge in [-0.3, -0.25) is 9.59 Å². The lowest BCUT2D eigenvalue weighted by Crippen LogP contribution is -2.34. The van der Waals surface area contributed by atoms with E-state index in [-0.39, 0.29) is 17.9 Å². The minimum atomic E-state index is -0.527. The molecule has 0 radical (unpaired) electrons. The number of ether oxygens (including phenoxy) is 2. The van der Waals surface area contributed by atoms with Crippen LogP contribution in [0.5, 0.6) is 5.75 Å². The molecule has 0 unspecified atom stereocenters. The maximum Gasteiger partial charge on any atom is 0.265 e. The Balaban J connectivity index is 1.47. The second-order valence-electron chi connectivity index (χ2n) is 6.86. The Labute approximate surface area is 168 Å². The van der Waals surface area contributed by atoms with Gasteiger partial charge in [-0.15, -0.1) is 11.8 Å². The van der Waals surface area contributed by atoms with E-state index >= 15 is 0 Å². The molecule has 0 aromatic heterocycles. The maximum absolute atomic E-state index is 12.8. The van der Waals surface area contributed by atoms with Gasteiger partial charge in [0.2, 0.25) is 0 Å². The summed E-state index contributed by atoms with van der Waals surface area (Å²) >= 11 is 1.64. The lowest BCUT2D eigenvalue weighted by Gasteiger charge is -2.23. The number of hydrogen-bond acceptors (Lipinski definition) is 5. The van der Waals surface area contributed by atoms with Gasteiger partial charge in [0.15, 0.2) is 6.10 Å². The summed E-state index contributed by atoms with van der Waals surface area (Å²) in [7, 11) is 0. The fraction of sp³-hybridized carbons (Fsp3) is 0.333. The predicted molar refractivity (Wildman–Crippen MR) is 109 cm³/mol. The SMILES string of the molecule is C[C@H]1Oc2ccc(NC(=O)c3ccccc3SC[C@@H]3CCCO3)cc2NC1=O. The van der Waals surface area contributed by atoms with Gasteiger partial charge in [0, 0.05) is 22.9 Å². The topological polar surface area (TPSA) is 76.7 Å². The standard InChI is InChI=1S/C21H22N2O4S/c1-13-20(24)23-17-11-14(8-9-18(17)27-13)22-21(25)16-6-2-3-7-19(16)28-12-15-5-4-10-26-15/h2-3,6-9,11,13,15H,4-5,10,12H2,1H3,(H,22,25)(H,23,24)/t13-,15+/m1/s1. The molecule has 0 saturated carbocycles. The smallest absolute Gasteiger partial charge is 0.265 e. The third kappa shape index (κ3) is 4.15. The number of anilines is 2. The largest absolute Gasteiger partial charge is 0.479 e. The molecule has 2 atom stereocenters. The van der Waals surface area contributed by atoms with Crippen LogP contribution in [0.1, 0.15) is 30.1 Å². The number of nitrogens with one attached hydrogen (secondary N) is 2. The molecule has 0 spiro atoms. The molecule has 1 fully saturated rings. The number of carbonyl (C=O) groups is 2. The summed E-state index contributed by atoms with van der Waals surface area (Å²) < 4.78 is 11.2. The van der Waals surface area contributed by atoms with Crippen molar-refractivity contribution in [2.75, 3.05) is 23.0 Å². The number of hydrogen-bond donors (Lipinski definition) is 2. The van der Waals surface area contributed by atoms with Gasteiger partial charge in [0.05, 0.1) is 17.4 Å². The Bertz CT molecular complexity index is 896. The van der Waals surface area contributed by atoms with Crippen LogP contribution >= 0.6 is 11.8 Å². The molecule has 2 amide bonds. The van der Waals surface area contributed by atoms with Crippen LogP contribution in [-0.4, -0.2) is 36.4 Å². The molecule has 6 nitrogen and oxygen atoms in total. The zero-order valence-corrected chi connectivity index (χ0v) is 16.4. The highest BCUT2D eigenvalue weighted by molar-refractivity contribution is 7.99. The molecule has 2 aliphatic heterocycles. The maximum atomic E-state index is 12.8. The van der Waals surface area contributed by atoms with Gasteiger partial charge in [-0.2, -0.15) is 0 Å². The number of amides is 2. The van der Waals surface area contributed by atoms with Crippen LogP contribution in [0.15, 0.2) is 47.4 Å². The summed E-state index contributed by atoms with van der Waals surface area (Å²) in [5.41, 5.74) is 1.78. The first kappa shape index (κ1) is 18.8. The number of carbonyl (C=O) groups excluding carboxylic acids is 2. The first-order valence-corrected chi connectivity index (χ1v) is 10.3. The summed E-state index contributed by atoms with van der Waals surface area (Å²) in [5, 5.41) is 5.71. The van der Waals surface area contributed by atoms with Crippen molar-refractivity contribution in [2.24, 2.45) is 0 Å². The third-order valence-corrected chi connectivity index (χ3v) is 5.95. The molecule has 4 rings (SSSR count). The molecule has 28 heavy (non-hydrogen) atoms. The van der Waals surface area contributed by atoms with Gasteiger partial charge < -0.3 is 20.1 Å². The first-order valence-electron chi connectivity index (χ1n) is 9.36. The van der Waals surface area contributed by atoms with Crippen LogP contribution in [0.2, 0.25) is 0 Å². The molecule has 1 saturated heterocycles. The van der Waals surface area contributed by atoms with Gasteiger partial charge in [-0.1, -0.05) is 12.1 Å². The number of thioether (sulfide) groups is 1. The van der Waals surface area contributed by atoms with E-state index in [2.05, 4.69) is 10.6 Å². The molecule has 2 aromatic rings. The van der Waals surface area contributed by atoms with Gasteiger partial charge in [-0.25, -0.2) is 0 Å². The van der Waals surface area contributed by atoms with E-state index in [0.29, 0.717) is 22.7 Å². The van der Waals surface area contributed by atoms with E-state index in [1.807, 2.05) is 24.3 Å². The van der Waals surface area contributed by atoms with E-state index in [9.17, 15) is 9.59 Å². The van der Waals surface area contributed by atoms with Crippen molar-refractivity contribution < 1.29 is 19.1 Å². The van der Waals surface area contributed by atoms with Crippen LogP contribution in [-0.2, 0) is 9.53 Å². The molecule has 0 aliphatic carbocycles. The molecular weight excluding hydrogens is 376 g/mol. The zero-order chi connectivity index (χ0) is 19.5. The summed E-state index contributed by atoms with van der Waals surface area (Å²) in [6.07, 6.45) is 1.90. The minimum absolute atomic E-state index is 0.188. The summed E-state index contributed by atoms with van der Waals surface area (Å²) in [5.74, 6) is 1.04. The Hall–Kier alpha value is -2.51. The average molecular weight is 398 g/mol. The highest BCUT2D eigenvalue weighted by atomic mass is 32.2. The Morgan fingerprint density at radius 2 is 2.14 bits per heavy atom. The normalized spacial score (nSPS) is 20.8. The van der Waals surface area contributed by atoms with E-state index in [0.717, 1.165) is 30.1 Å². The average Bonchev–Trinajstić information content (AvgIpc) is 3.21. The van der Waals surface area contributed by atoms with Crippen molar-refractivity contribution in [1.82, 2.24) is 0 Å². The summed E-state index contributed by atoms with van der Waals surface area (Å²) in [4.78, 5) is 25.6. The quantitative estimate of drug-likeness (QED) is 0.747. The molecule has 2 heterocycles. The fourth-order valence-electron chi connectivity index (χ4n) is 3.22. The number of benzene rings is 2. The van der Waals surface area contributed by atoms with Crippen LogP contribution in [0.25, 0.3) is 0 Å². The second kappa shape index (κ2) is 8.24. The monoisotopic (exact) mass is 398 g/mol. The Morgan fingerprint density at radius 3 is 2.96 bits per heavy atom. The molecule has 0 bridgehead atoms. The zero-order valence-electron chi connectivity index (χ0n) is 15.6. The molecule has 7 heteroatoms. The predicted octanol–water partition coefficient (Wildman–Crippen LogP) is 3.93. The summed E-state index contributed by atoms with van der Waals surface area (Å²) in [6.45, 7) is 2.52. The van der Waals surface area contributed by atoms with Crippen molar-refractivity contribution in [1.29, 1.82) is 0 Å². The van der Waals surface area contributed by atoms with Crippen LogP contribution in [0, 0.1) is 0 Å². The van der Waals surface area contributed by atoms with E-state index in [1.165, 1.54) is 0 Å².